The van der Waals surface area contributed by atoms with Crippen LogP contribution in [0.15, 0.2) is 0 Å². The van der Waals surface area contributed by atoms with E-state index < -0.39 is 5.54 Å². The van der Waals surface area contributed by atoms with Gasteiger partial charge in [-0.05, 0) is 26.7 Å². The first-order chi connectivity index (χ1) is 9.26. The highest BCUT2D eigenvalue weighted by Crippen LogP contribution is 2.15. The number of hydrogen-bond donors (Lipinski definition) is 1. The fourth-order valence-corrected chi connectivity index (χ4v) is 2.21. The van der Waals surface area contributed by atoms with Crippen molar-refractivity contribution in [2.24, 2.45) is 5.92 Å². The standard InChI is InChI=1S/C15H28N4O/c1-12(2)13(3)17-14(20)10-18-6-8-19(9-7-18)15(4,5)11-16/h12-13H,6-10H2,1-5H3,(H,17,20). The lowest BCUT2D eigenvalue weighted by Crippen LogP contribution is -2.55. The zero-order valence-corrected chi connectivity index (χ0v) is 13.4. The molecule has 1 N–H and O–H groups in total. The zero-order valence-electron chi connectivity index (χ0n) is 13.4. The smallest absolute Gasteiger partial charge is 0.234 e. The highest BCUT2D eigenvalue weighted by atomic mass is 16.2. The molecule has 1 rings (SSSR count). The summed E-state index contributed by atoms with van der Waals surface area (Å²) in [5.41, 5.74) is -0.416. The van der Waals surface area contributed by atoms with Gasteiger partial charge < -0.3 is 5.32 Å². The summed E-state index contributed by atoms with van der Waals surface area (Å²) >= 11 is 0. The minimum atomic E-state index is -0.416. The van der Waals surface area contributed by atoms with Gasteiger partial charge in [0.15, 0.2) is 0 Å². The molecule has 0 bridgehead atoms. The molecule has 0 aromatic carbocycles. The monoisotopic (exact) mass is 280 g/mol. The molecule has 114 valence electrons. The lowest BCUT2D eigenvalue weighted by Gasteiger charge is -2.40. The van der Waals surface area contributed by atoms with E-state index in [-0.39, 0.29) is 11.9 Å². The van der Waals surface area contributed by atoms with Gasteiger partial charge in [-0.1, -0.05) is 13.8 Å². The van der Waals surface area contributed by atoms with E-state index in [4.69, 9.17) is 5.26 Å². The molecule has 0 aromatic heterocycles. The first-order valence-corrected chi connectivity index (χ1v) is 7.44. The maximum absolute atomic E-state index is 11.9. The van der Waals surface area contributed by atoms with E-state index in [9.17, 15) is 4.79 Å². The highest BCUT2D eigenvalue weighted by Gasteiger charge is 2.30. The molecule has 1 heterocycles. The van der Waals surface area contributed by atoms with Gasteiger partial charge in [0, 0.05) is 32.2 Å². The maximum atomic E-state index is 11.9. The molecule has 1 atom stereocenters. The molecule has 0 saturated carbocycles. The van der Waals surface area contributed by atoms with Gasteiger partial charge in [-0.25, -0.2) is 0 Å². The van der Waals surface area contributed by atoms with Crippen molar-refractivity contribution in [1.29, 1.82) is 5.26 Å². The van der Waals surface area contributed by atoms with E-state index in [0.29, 0.717) is 12.5 Å². The second-order valence-corrected chi connectivity index (χ2v) is 6.53. The molecule has 5 heteroatoms. The molecule has 0 aliphatic carbocycles. The fraction of sp³-hybridized carbons (Fsp3) is 0.867. The molecule has 1 unspecified atom stereocenters. The highest BCUT2D eigenvalue weighted by molar-refractivity contribution is 5.78. The number of nitrogens with one attached hydrogen (secondary N) is 1. The number of carbonyl (C=O) groups excluding carboxylic acids is 1. The van der Waals surface area contributed by atoms with Gasteiger partial charge in [0.25, 0.3) is 0 Å². The molecule has 1 amide bonds. The van der Waals surface area contributed by atoms with Crippen LogP contribution in [0.1, 0.15) is 34.6 Å². The van der Waals surface area contributed by atoms with Gasteiger partial charge in [-0.15, -0.1) is 0 Å². The number of amides is 1. The molecular formula is C15H28N4O. The summed E-state index contributed by atoms with van der Waals surface area (Å²) in [4.78, 5) is 16.3. The summed E-state index contributed by atoms with van der Waals surface area (Å²) in [6, 6.07) is 2.54. The molecule has 0 spiro atoms. The Morgan fingerprint density at radius 2 is 1.80 bits per heavy atom. The topological polar surface area (TPSA) is 59.4 Å². The van der Waals surface area contributed by atoms with Crippen LogP contribution >= 0.6 is 0 Å². The number of carbonyl (C=O) groups is 1. The predicted molar refractivity (Wildman–Crippen MR) is 80.1 cm³/mol. The molecule has 1 saturated heterocycles. The Labute approximate surface area is 122 Å². The van der Waals surface area contributed by atoms with Crippen molar-refractivity contribution < 1.29 is 4.79 Å². The second-order valence-electron chi connectivity index (χ2n) is 6.53. The van der Waals surface area contributed by atoms with E-state index >= 15 is 0 Å². The van der Waals surface area contributed by atoms with Crippen molar-refractivity contribution in [3.8, 4) is 6.07 Å². The largest absolute Gasteiger partial charge is 0.352 e. The second kappa shape index (κ2) is 7.05. The molecule has 1 aliphatic heterocycles. The summed E-state index contributed by atoms with van der Waals surface area (Å²) in [5, 5.41) is 12.2. The normalized spacial score (nSPS) is 19.6. The van der Waals surface area contributed by atoms with E-state index in [2.05, 4.69) is 35.0 Å². The summed E-state index contributed by atoms with van der Waals surface area (Å²) in [6.07, 6.45) is 0. The van der Waals surface area contributed by atoms with Crippen LogP contribution in [-0.2, 0) is 4.79 Å². The summed E-state index contributed by atoms with van der Waals surface area (Å²) < 4.78 is 0. The van der Waals surface area contributed by atoms with E-state index in [1.54, 1.807) is 0 Å². The third-order valence-corrected chi connectivity index (χ3v) is 4.19. The summed E-state index contributed by atoms with van der Waals surface area (Å²) in [5.74, 6) is 0.548. The first kappa shape index (κ1) is 16.9. The van der Waals surface area contributed by atoms with Crippen molar-refractivity contribution in [2.75, 3.05) is 32.7 Å². The number of nitrogens with zero attached hydrogens (tertiary/aromatic N) is 3. The van der Waals surface area contributed by atoms with Crippen LogP contribution in [0.2, 0.25) is 0 Å². The Morgan fingerprint density at radius 1 is 1.25 bits per heavy atom. The van der Waals surface area contributed by atoms with E-state index in [0.717, 1.165) is 26.2 Å². The van der Waals surface area contributed by atoms with Crippen LogP contribution < -0.4 is 5.32 Å². The molecule has 0 aromatic rings. The fourth-order valence-electron chi connectivity index (χ4n) is 2.21. The molecular weight excluding hydrogens is 252 g/mol. The van der Waals surface area contributed by atoms with Crippen LogP contribution in [0.4, 0.5) is 0 Å². The van der Waals surface area contributed by atoms with Crippen LogP contribution in [0.5, 0.6) is 0 Å². The Hall–Kier alpha value is -1.12. The quantitative estimate of drug-likeness (QED) is 0.818. The van der Waals surface area contributed by atoms with Gasteiger partial charge >= 0.3 is 0 Å². The molecule has 20 heavy (non-hydrogen) atoms. The minimum Gasteiger partial charge on any atom is -0.352 e. The van der Waals surface area contributed by atoms with Crippen molar-refractivity contribution in [1.82, 2.24) is 15.1 Å². The minimum absolute atomic E-state index is 0.0965. The van der Waals surface area contributed by atoms with Gasteiger partial charge in [0.1, 0.15) is 5.54 Å². The summed E-state index contributed by atoms with van der Waals surface area (Å²) in [7, 11) is 0. The molecule has 5 nitrogen and oxygen atoms in total. The van der Waals surface area contributed by atoms with Crippen molar-refractivity contribution in [3.05, 3.63) is 0 Å². The maximum Gasteiger partial charge on any atom is 0.234 e. The van der Waals surface area contributed by atoms with Crippen molar-refractivity contribution in [2.45, 2.75) is 46.2 Å². The average Bonchev–Trinajstić information content (AvgIpc) is 2.39. The van der Waals surface area contributed by atoms with E-state index in [1.807, 2.05) is 20.8 Å². The van der Waals surface area contributed by atoms with Crippen LogP contribution in [0, 0.1) is 17.2 Å². The lowest BCUT2D eigenvalue weighted by atomic mass is 10.0. The number of rotatable bonds is 5. The Bertz CT molecular complexity index is 365. The molecule has 0 radical (unpaired) electrons. The third-order valence-electron chi connectivity index (χ3n) is 4.19. The average molecular weight is 280 g/mol. The van der Waals surface area contributed by atoms with Crippen LogP contribution in [0.25, 0.3) is 0 Å². The predicted octanol–water partition coefficient (Wildman–Crippen LogP) is 1.07. The number of nitriles is 1. The number of piperazine rings is 1. The van der Waals surface area contributed by atoms with Crippen LogP contribution in [-0.4, -0.2) is 60.0 Å². The first-order valence-electron chi connectivity index (χ1n) is 7.44. The van der Waals surface area contributed by atoms with Gasteiger partial charge in [0.2, 0.25) is 5.91 Å². The van der Waals surface area contributed by atoms with Gasteiger partial charge in [0.05, 0.1) is 12.6 Å². The third kappa shape index (κ3) is 4.77. The Balaban J connectivity index is 2.36. The molecule has 1 aliphatic rings. The van der Waals surface area contributed by atoms with Crippen molar-refractivity contribution in [3.63, 3.8) is 0 Å². The summed E-state index contributed by atoms with van der Waals surface area (Å²) in [6.45, 7) is 14.0. The SMILES string of the molecule is CC(C)C(C)NC(=O)CN1CCN(C(C)(C)C#N)CC1. The van der Waals surface area contributed by atoms with Crippen LogP contribution in [0.3, 0.4) is 0 Å². The van der Waals surface area contributed by atoms with Crippen molar-refractivity contribution >= 4 is 5.91 Å². The number of hydrogen-bond acceptors (Lipinski definition) is 4. The molecule has 1 fully saturated rings. The lowest BCUT2D eigenvalue weighted by molar-refractivity contribution is -0.123. The Kier molecular flexibility index (Phi) is 5.97. The van der Waals surface area contributed by atoms with Gasteiger partial charge in [-0.3, -0.25) is 14.6 Å². The zero-order chi connectivity index (χ0) is 15.3. The Morgan fingerprint density at radius 3 is 2.25 bits per heavy atom. The van der Waals surface area contributed by atoms with Gasteiger partial charge in [-0.2, -0.15) is 5.26 Å². The van der Waals surface area contributed by atoms with E-state index in [1.165, 1.54) is 0 Å².